The maximum atomic E-state index is 12.2. The summed E-state index contributed by atoms with van der Waals surface area (Å²) in [5.74, 6) is 0.221. The second-order valence-electron chi connectivity index (χ2n) is 9.19. The van der Waals surface area contributed by atoms with E-state index in [1.165, 1.54) is 11.9 Å². The van der Waals surface area contributed by atoms with Gasteiger partial charge in [0.1, 0.15) is 0 Å². The number of ether oxygens (including phenoxy) is 2. The molecule has 1 aliphatic rings. The summed E-state index contributed by atoms with van der Waals surface area (Å²) in [6.07, 6.45) is 3.18. The van der Waals surface area contributed by atoms with Crippen LogP contribution in [0.15, 0.2) is 36.5 Å². The van der Waals surface area contributed by atoms with Gasteiger partial charge in [-0.2, -0.15) is 0 Å². The highest BCUT2D eigenvalue weighted by atomic mass is 16.5. The van der Waals surface area contributed by atoms with E-state index < -0.39 is 12.0 Å². The normalized spacial score (nSPS) is 14.8. The van der Waals surface area contributed by atoms with Crippen LogP contribution in [0.25, 0.3) is 22.0 Å². The zero-order valence-electron chi connectivity index (χ0n) is 21.0. The quantitative estimate of drug-likeness (QED) is 0.350. The van der Waals surface area contributed by atoms with Crippen LogP contribution < -0.4 is 15.8 Å². The first-order valence-electron chi connectivity index (χ1n) is 12.3. The molecule has 11 heteroatoms. The fourth-order valence-electron chi connectivity index (χ4n) is 4.37. The summed E-state index contributed by atoms with van der Waals surface area (Å²) < 4.78 is 11.1. The Balaban J connectivity index is 1.54. The van der Waals surface area contributed by atoms with Gasteiger partial charge in [0.05, 0.1) is 17.8 Å². The van der Waals surface area contributed by atoms with Crippen LogP contribution in [-0.4, -0.2) is 76.6 Å². The fourth-order valence-corrected chi connectivity index (χ4v) is 4.37. The van der Waals surface area contributed by atoms with Crippen molar-refractivity contribution in [2.24, 2.45) is 11.7 Å². The van der Waals surface area contributed by atoms with E-state index in [4.69, 9.17) is 20.3 Å². The zero-order valence-corrected chi connectivity index (χ0v) is 21.0. The molecule has 1 atom stereocenters. The number of carboxylic acid groups (broad SMARTS) is 1. The predicted molar refractivity (Wildman–Crippen MR) is 139 cm³/mol. The van der Waals surface area contributed by atoms with Gasteiger partial charge in [0.2, 0.25) is 5.88 Å². The smallest absolute Gasteiger partial charge is 0.407 e. The molecule has 1 aromatic carbocycles. The molecule has 3 aromatic rings. The third kappa shape index (κ3) is 6.42. The van der Waals surface area contributed by atoms with Crippen molar-refractivity contribution in [3.05, 3.63) is 42.2 Å². The molecule has 1 aliphatic heterocycles. The summed E-state index contributed by atoms with van der Waals surface area (Å²) in [6.45, 7) is 4.29. The van der Waals surface area contributed by atoms with Gasteiger partial charge in [0, 0.05) is 56.1 Å². The first kappa shape index (κ1) is 26.1. The van der Waals surface area contributed by atoms with E-state index in [-0.39, 0.29) is 11.7 Å². The SMILES string of the molecule is C[C@H](Nc1c(C(N)=O)nnc2ccc(-c3ccc(OCCCN(C)C(=O)O)nc3)cc12)C1CCOCC1. The molecule has 2 aromatic heterocycles. The van der Waals surface area contributed by atoms with E-state index in [0.717, 1.165) is 42.6 Å². The number of carbonyl (C=O) groups is 2. The van der Waals surface area contributed by atoms with Gasteiger partial charge >= 0.3 is 6.09 Å². The van der Waals surface area contributed by atoms with Crippen molar-refractivity contribution in [2.75, 3.05) is 38.7 Å². The van der Waals surface area contributed by atoms with Gasteiger partial charge < -0.3 is 30.5 Å². The number of amides is 2. The van der Waals surface area contributed by atoms with Crippen molar-refractivity contribution >= 4 is 28.6 Å². The summed E-state index contributed by atoms with van der Waals surface area (Å²) in [7, 11) is 1.52. The molecule has 0 unspecified atom stereocenters. The molecule has 1 saturated heterocycles. The number of nitrogens with two attached hydrogens (primary N) is 1. The van der Waals surface area contributed by atoms with Gasteiger partial charge in [0.15, 0.2) is 5.69 Å². The maximum absolute atomic E-state index is 12.2. The Morgan fingerprint density at radius 3 is 2.65 bits per heavy atom. The second kappa shape index (κ2) is 11.8. The Bertz CT molecular complexity index is 1250. The minimum absolute atomic E-state index is 0.0893. The highest BCUT2D eigenvalue weighted by Crippen LogP contribution is 2.32. The van der Waals surface area contributed by atoms with Crippen molar-refractivity contribution < 1.29 is 24.2 Å². The molecule has 4 N–H and O–H groups in total. The van der Waals surface area contributed by atoms with Crippen LogP contribution in [0.2, 0.25) is 0 Å². The van der Waals surface area contributed by atoms with Crippen LogP contribution in [0.5, 0.6) is 5.88 Å². The Hall–Kier alpha value is -3.99. The van der Waals surface area contributed by atoms with E-state index in [2.05, 4.69) is 27.4 Å². The van der Waals surface area contributed by atoms with Gasteiger partial charge in [-0.3, -0.25) is 4.79 Å². The van der Waals surface area contributed by atoms with Gasteiger partial charge in [-0.15, -0.1) is 10.2 Å². The van der Waals surface area contributed by atoms with Crippen molar-refractivity contribution in [3.63, 3.8) is 0 Å². The monoisotopic (exact) mass is 508 g/mol. The Morgan fingerprint density at radius 1 is 1.22 bits per heavy atom. The van der Waals surface area contributed by atoms with Gasteiger partial charge in [0.25, 0.3) is 5.91 Å². The average Bonchev–Trinajstić information content (AvgIpc) is 2.91. The van der Waals surface area contributed by atoms with E-state index in [1.54, 1.807) is 12.3 Å². The first-order chi connectivity index (χ1) is 17.8. The molecule has 1 fully saturated rings. The molecule has 3 heterocycles. The highest BCUT2D eigenvalue weighted by Gasteiger charge is 2.24. The summed E-state index contributed by atoms with van der Waals surface area (Å²) in [5.41, 5.74) is 8.74. The lowest BCUT2D eigenvalue weighted by molar-refractivity contribution is 0.0622. The van der Waals surface area contributed by atoms with Crippen LogP contribution in [-0.2, 0) is 4.74 Å². The maximum Gasteiger partial charge on any atom is 0.407 e. The molecule has 4 rings (SSSR count). The number of pyridine rings is 1. The highest BCUT2D eigenvalue weighted by molar-refractivity contribution is 6.05. The Morgan fingerprint density at radius 2 is 1.97 bits per heavy atom. The number of anilines is 1. The lowest BCUT2D eigenvalue weighted by Gasteiger charge is -2.29. The molecule has 0 saturated carbocycles. The van der Waals surface area contributed by atoms with Gasteiger partial charge in [-0.05, 0) is 55.9 Å². The van der Waals surface area contributed by atoms with E-state index in [1.807, 2.05) is 24.3 Å². The molecule has 0 radical (unpaired) electrons. The number of fused-ring (bicyclic) bond motifs is 1. The molecule has 0 aliphatic carbocycles. The fraction of sp³-hybridized carbons (Fsp3) is 0.423. The van der Waals surface area contributed by atoms with Gasteiger partial charge in [-0.1, -0.05) is 6.07 Å². The average molecular weight is 509 g/mol. The third-order valence-electron chi connectivity index (χ3n) is 6.62. The van der Waals surface area contributed by atoms with Crippen LogP contribution in [0, 0.1) is 5.92 Å². The van der Waals surface area contributed by atoms with E-state index >= 15 is 0 Å². The minimum atomic E-state index is -0.969. The van der Waals surface area contributed by atoms with E-state index in [9.17, 15) is 9.59 Å². The summed E-state index contributed by atoms with van der Waals surface area (Å²) in [5, 5.41) is 21.5. The summed E-state index contributed by atoms with van der Waals surface area (Å²) >= 11 is 0. The number of primary amides is 1. The Kier molecular flexibility index (Phi) is 8.34. The number of carbonyl (C=O) groups excluding carboxylic acids is 1. The number of nitrogens with one attached hydrogen (secondary N) is 1. The number of hydrogen-bond acceptors (Lipinski definition) is 8. The van der Waals surface area contributed by atoms with E-state index in [0.29, 0.717) is 42.6 Å². The molecule has 196 valence electrons. The topological polar surface area (TPSA) is 153 Å². The summed E-state index contributed by atoms with van der Waals surface area (Å²) in [4.78, 5) is 28.6. The van der Waals surface area contributed by atoms with Crippen molar-refractivity contribution in [3.8, 4) is 17.0 Å². The molecule has 0 bridgehead atoms. The largest absolute Gasteiger partial charge is 0.478 e. The molecular weight excluding hydrogens is 476 g/mol. The van der Waals surface area contributed by atoms with Crippen LogP contribution in [0.1, 0.15) is 36.7 Å². The van der Waals surface area contributed by atoms with Crippen LogP contribution in [0.4, 0.5) is 10.5 Å². The minimum Gasteiger partial charge on any atom is -0.478 e. The van der Waals surface area contributed by atoms with Gasteiger partial charge in [-0.25, -0.2) is 9.78 Å². The first-order valence-corrected chi connectivity index (χ1v) is 12.3. The number of hydrogen-bond donors (Lipinski definition) is 3. The molecule has 11 nitrogen and oxygen atoms in total. The number of benzene rings is 1. The molecule has 0 spiro atoms. The third-order valence-corrected chi connectivity index (χ3v) is 6.62. The lowest BCUT2D eigenvalue weighted by atomic mass is 9.92. The lowest BCUT2D eigenvalue weighted by Crippen LogP contribution is -2.32. The van der Waals surface area contributed by atoms with Crippen LogP contribution >= 0.6 is 0 Å². The van der Waals surface area contributed by atoms with Crippen molar-refractivity contribution in [1.29, 1.82) is 0 Å². The second-order valence-corrected chi connectivity index (χ2v) is 9.19. The summed E-state index contributed by atoms with van der Waals surface area (Å²) in [6, 6.07) is 9.49. The van der Waals surface area contributed by atoms with Crippen molar-refractivity contribution in [2.45, 2.75) is 32.2 Å². The zero-order chi connectivity index (χ0) is 26.4. The molecule has 37 heavy (non-hydrogen) atoms. The molecule has 2 amide bonds. The number of rotatable bonds is 10. The number of aromatic nitrogens is 3. The van der Waals surface area contributed by atoms with Crippen LogP contribution in [0.3, 0.4) is 0 Å². The standard InChI is InChI=1S/C26H32N6O5/c1-16(17-8-12-36-13-9-17)29-23-20-14-18(4-6-21(20)30-31-24(23)25(27)33)19-5-7-22(28-15-19)37-11-3-10-32(2)26(34)35/h4-7,14-17H,3,8-13H2,1-2H3,(H2,27,33)(H,29,30)(H,34,35)/t16-/m0/s1. The Labute approximate surface area is 215 Å². The number of nitrogens with zero attached hydrogens (tertiary/aromatic N) is 4. The van der Waals surface area contributed by atoms with Crippen molar-refractivity contribution in [1.82, 2.24) is 20.1 Å². The molecular formula is C26H32N6O5. The predicted octanol–water partition coefficient (Wildman–Crippen LogP) is 3.40.